The van der Waals surface area contributed by atoms with Crippen LogP contribution >= 0.6 is 0 Å². The monoisotopic (exact) mass is 1020 g/mol. The number of carbonyl (C=O) groups excluding carboxylic acids is 3. The summed E-state index contributed by atoms with van der Waals surface area (Å²) in [7, 11) is 0. The summed E-state index contributed by atoms with van der Waals surface area (Å²) in [5.41, 5.74) is 0. The molecule has 0 aliphatic carbocycles. The number of unbranched alkanes of at least 4 members (excludes halogenated alkanes) is 31. The van der Waals surface area contributed by atoms with Gasteiger partial charge in [0, 0.05) is 19.3 Å². The van der Waals surface area contributed by atoms with Crippen molar-refractivity contribution in [1.82, 2.24) is 0 Å². The van der Waals surface area contributed by atoms with Crippen molar-refractivity contribution in [2.45, 2.75) is 309 Å². The van der Waals surface area contributed by atoms with Gasteiger partial charge in [-0.25, -0.2) is 0 Å². The fourth-order valence-electron chi connectivity index (χ4n) is 8.74. The average Bonchev–Trinajstić information content (AvgIpc) is 3.39. The highest BCUT2D eigenvalue weighted by molar-refractivity contribution is 5.71. The molecule has 73 heavy (non-hydrogen) atoms. The van der Waals surface area contributed by atoms with Crippen molar-refractivity contribution in [2.75, 3.05) is 13.2 Å². The van der Waals surface area contributed by atoms with Crippen molar-refractivity contribution in [1.29, 1.82) is 0 Å². The van der Waals surface area contributed by atoms with Crippen LogP contribution in [0.1, 0.15) is 303 Å². The Morgan fingerprint density at radius 1 is 0.288 bits per heavy atom. The molecule has 1 unspecified atom stereocenters. The first-order valence-electron chi connectivity index (χ1n) is 31.1. The van der Waals surface area contributed by atoms with Crippen LogP contribution in [0.4, 0.5) is 0 Å². The molecule has 420 valence electrons. The van der Waals surface area contributed by atoms with E-state index in [1.807, 2.05) is 0 Å². The molecule has 0 fully saturated rings. The maximum Gasteiger partial charge on any atom is 0.306 e. The van der Waals surface area contributed by atoms with E-state index < -0.39 is 6.10 Å². The Balaban J connectivity index is 4.40. The van der Waals surface area contributed by atoms with Crippen LogP contribution in [0.5, 0.6) is 0 Å². The van der Waals surface area contributed by atoms with Gasteiger partial charge in [0.2, 0.25) is 0 Å². The Morgan fingerprint density at radius 2 is 0.534 bits per heavy atom. The molecule has 0 aliphatic rings. The van der Waals surface area contributed by atoms with Gasteiger partial charge in [-0.3, -0.25) is 14.4 Å². The van der Waals surface area contributed by atoms with Crippen LogP contribution in [-0.4, -0.2) is 37.2 Å². The first-order valence-corrected chi connectivity index (χ1v) is 31.1. The van der Waals surface area contributed by atoms with Crippen LogP contribution in [0, 0.1) is 0 Å². The quantitative estimate of drug-likeness (QED) is 0.0261. The number of esters is 3. The molecule has 0 radical (unpaired) electrons. The Hall–Kier alpha value is -3.41. The Kier molecular flexibility index (Phi) is 58.3. The van der Waals surface area contributed by atoms with E-state index in [1.54, 1.807) is 0 Å². The predicted molar refractivity (Wildman–Crippen MR) is 316 cm³/mol. The fourth-order valence-corrected chi connectivity index (χ4v) is 8.74. The maximum absolute atomic E-state index is 12.9. The molecular formula is C67H116O6. The van der Waals surface area contributed by atoms with Crippen molar-refractivity contribution >= 4 is 17.9 Å². The number of ether oxygens (including phenoxy) is 3. The molecule has 1 atom stereocenters. The fraction of sp³-hybridized carbons (Fsp3) is 0.746. The Morgan fingerprint density at radius 3 is 0.849 bits per heavy atom. The van der Waals surface area contributed by atoms with Crippen LogP contribution in [0.3, 0.4) is 0 Å². The Bertz CT molecular complexity index is 1400. The first kappa shape index (κ1) is 69.6. The predicted octanol–water partition coefficient (Wildman–Crippen LogP) is 21.1. The van der Waals surface area contributed by atoms with Crippen molar-refractivity contribution in [3.8, 4) is 0 Å². The molecule has 0 N–H and O–H groups in total. The topological polar surface area (TPSA) is 78.9 Å². The zero-order chi connectivity index (χ0) is 52.9. The van der Waals surface area contributed by atoms with Gasteiger partial charge in [-0.2, -0.15) is 0 Å². The zero-order valence-electron chi connectivity index (χ0n) is 48.1. The SMILES string of the molecule is CC/C=C\C/C=C\C/C=C\C/C=C\C/C=C\C/C=C\CCCCCCC(=O)OCC(COC(=O)CCCCCCC/C=C\CCCCCCC)OC(=O)CCCCCCCCCCCCCCCCCCCC. The van der Waals surface area contributed by atoms with Crippen molar-refractivity contribution in [3.05, 3.63) is 85.1 Å². The van der Waals surface area contributed by atoms with Crippen LogP contribution in [-0.2, 0) is 28.6 Å². The largest absolute Gasteiger partial charge is 0.462 e. The molecule has 0 rings (SSSR count). The van der Waals surface area contributed by atoms with Crippen LogP contribution in [0.25, 0.3) is 0 Å². The van der Waals surface area contributed by atoms with E-state index in [2.05, 4.69) is 106 Å². The van der Waals surface area contributed by atoms with E-state index in [4.69, 9.17) is 14.2 Å². The van der Waals surface area contributed by atoms with Gasteiger partial charge in [0.05, 0.1) is 0 Å². The summed E-state index contributed by atoms with van der Waals surface area (Å²) in [6.07, 6.45) is 80.1. The second-order valence-corrected chi connectivity index (χ2v) is 20.6. The molecular weight excluding hydrogens is 901 g/mol. The van der Waals surface area contributed by atoms with Crippen LogP contribution < -0.4 is 0 Å². The second kappa shape index (κ2) is 61.1. The molecule has 0 aliphatic heterocycles. The number of hydrogen-bond donors (Lipinski definition) is 0. The average molecular weight is 1020 g/mol. The molecule has 0 spiro atoms. The maximum atomic E-state index is 12.9. The lowest BCUT2D eigenvalue weighted by Gasteiger charge is -2.18. The van der Waals surface area contributed by atoms with Gasteiger partial charge in [0.15, 0.2) is 6.10 Å². The minimum atomic E-state index is -0.790. The van der Waals surface area contributed by atoms with E-state index in [9.17, 15) is 14.4 Å². The molecule has 6 heteroatoms. The van der Waals surface area contributed by atoms with E-state index in [-0.39, 0.29) is 31.1 Å². The summed E-state index contributed by atoms with van der Waals surface area (Å²) in [6.45, 7) is 6.52. The molecule has 0 amide bonds. The van der Waals surface area contributed by atoms with Gasteiger partial charge >= 0.3 is 17.9 Å². The summed E-state index contributed by atoms with van der Waals surface area (Å²) in [5, 5.41) is 0. The summed E-state index contributed by atoms with van der Waals surface area (Å²) in [6, 6.07) is 0. The number of carbonyl (C=O) groups is 3. The number of allylic oxidation sites excluding steroid dienone is 14. The normalized spacial score (nSPS) is 12.6. The van der Waals surface area contributed by atoms with Gasteiger partial charge in [-0.1, -0.05) is 273 Å². The third-order valence-electron chi connectivity index (χ3n) is 13.4. The van der Waals surface area contributed by atoms with Gasteiger partial charge in [0.1, 0.15) is 13.2 Å². The van der Waals surface area contributed by atoms with Crippen molar-refractivity contribution < 1.29 is 28.6 Å². The third kappa shape index (κ3) is 59.3. The minimum Gasteiger partial charge on any atom is -0.462 e. The summed E-state index contributed by atoms with van der Waals surface area (Å²) in [5.74, 6) is -0.908. The Labute approximate surface area is 452 Å². The van der Waals surface area contributed by atoms with Gasteiger partial charge in [0.25, 0.3) is 0 Å². The highest BCUT2D eigenvalue weighted by atomic mass is 16.6. The molecule has 0 aromatic carbocycles. The summed E-state index contributed by atoms with van der Waals surface area (Å²) < 4.78 is 16.9. The van der Waals surface area contributed by atoms with E-state index in [0.717, 1.165) is 116 Å². The van der Waals surface area contributed by atoms with Crippen LogP contribution in [0.15, 0.2) is 85.1 Å². The molecule has 0 bridgehead atoms. The molecule has 6 nitrogen and oxygen atoms in total. The number of hydrogen-bond acceptors (Lipinski definition) is 6. The molecule has 0 aromatic heterocycles. The smallest absolute Gasteiger partial charge is 0.306 e. The van der Waals surface area contributed by atoms with E-state index in [0.29, 0.717) is 19.3 Å². The van der Waals surface area contributed by atoms with E-state index in [1.165, 1.54) is 148 Å². The second-order valence-electron chi connectivity index (χ2n) is 20.6. The summed E-state index contributed by atoms with van der Waals surface area (Å²) in [4.78, 5) is 38.3. The van der Waals surface area contributed by atoms with Gasteiger partial charge in [-0.05, 0) is 96.3 Å². The molecule has 0 saturated carbocycles. The van der Waals surface area contributed by atoms with Crippen LogP contribution in [0.2, 0.25) is 0 Å². The van der Waals surface area contributed by atoms with Crippen molar-refractivity contribution in [2.24, 2.45) is 0 Å². The lowest BCUT2D eigenvalue weighted by atomic mass is 10.0. The molecule has 0 heterocycles. The highest BCUT2D eigenvalue weighted by Gasteiger charge is 2.19. The van der Waals surface area contributed by atoms with Crippen molar-refractivity contribution in [3.63, 3.8) is 0 Å². The minimum absolute atomic E-state index is 0.0868. The molecule has 0 aromatic rings. The van der Waals surface area contributed by atoms with E-state index >= 15 is 0 Å². The summed E-state index contributed by atoms with van der Waals surface area (Å²) >= 11 is 0. The van der Waals surface area contributed by atoms with Gasteiger partial charge in [-0.15, -0.1) is 0 Å². The molecule has 0 saturated heterocycles. The lowest BCUT2D eigenvalue weighted by Crippen LogP contribution is -2.30. The third-order valence-corrected chi connectivity index (χ3v) is 13.4. The zero-order valence-corrected chi connectivity index (χ0v) is 48.1. The number of rotatable bonds is 56. The first-order chi connectivity index (χ1) is 36.0. The van der Waals surface area contributed by atoms with Gasteiger partial charge < -0.3 is 14.2 Å². The highest BCUT2D eigenvalue weighted by Crippen LogP contribution is 2.16. The standard InChI is InChI=1S/C67H116O6/c1-4-7-10-13-16-19-22-25-28-30-32-33-34-35-36-38-39-42-45-48-51-54-57-60-66(69)72-63-64(62-71-65(68)59-56-53-50-47-44-41-27-24-21-18-15-12-9-6-3)73-67(70)61-58-55-52-49-46-43-40-37-31-29-26-23-20-17-14-11-8-5-2/h7,10,16,19,24-25,27-28,32-33,35-36,39,42,64H,4-6,8-9,11-15,17-18,20-23,26,29-31,34,37-38,40-41,43-63H2,1-3H3/b10-7-,19-16-,27-24-,28-25-,33-32-,36-35-,42-39-. The lowest BCUT2D eigenvalue weighted by molar-refractivity contribution is -0.167.